The van der Waals surface area contributed by atoms with Gasteiger partial charge in [-0.25, -0.2) is 9.59 Å². The first-order valence-electron chi connectivity index (χ1n) is 20.4. The minimum atomic E-state index is -0.528. The third-order valence-corrected chi connectivity index (χ3v) is 9.54. The van der Waals surface area contributed by atoms with Crippen LogP contribution in [0.5, 0.6) is 23.0 Å². The van der Waals surface area contributed by atoms with Crippen molar-refractivity contribution in [2.75, 3.05) is 26.4 Å². The minimum absolute atomic E-state index is 0.233. The number of carbonyl (C=O) groups is 2. The number of ether oxygens (including phenoxy) is 4. The molecule has 8 heteroatoms. The van der Waals surface area contributed by atoms with E-state index in [9.17, 15) is 9.59 Å². The molecular formula is C52H48O8. The van der Waals surface area contributed by atoms with E-state index in [2.05, 4.69) is 23.7 Å². The molecule has 0 aromatic heterocycles. The lowest BCUT2D eigenvalue weighted by molar-refractivity contribution is 0.0723. The van der Waals surface area contributed by atoms with Crippen LogP contribution in [0.4, 0.5) is 0 Å². The van der Waals surface area contributed by atoms with E-state index in [0.29, 0.717) is 46.6 Å². The van der Waals surface area contributed by atoms with Crippen molar-refractivity contribution < 1.29 is 38.7 Å². The number of esters is 2. The molecule has 0 saturated heterocycles. The Morgan fingerprint density at radius 3 is 1.08 bits per heavy atom. The van der Waals surface area contributed by atoms with Gasteiger partial charge in [0.25, 0.3) is 0 Å². The summed E-state index contributed by atoms with van der Waals surface area (Å²) in [6.07, 6.45) is 7.62. The van der Waals surface area contributed by atoms with Gasteiger partial charge in [0, 0.05) is 46.2 Å². The smallest absolute Gasteiger partial charge is 0.343 e. The van der Waals surface area contributed by atoms with Gasteiger partial charge >= 0.3 is 11.9 Å². The van der Waals surface area contributed by atoms with Gasteiger partial charge in [-0.1, -0.05) is 60.8 Å². The first kappa shape index (κ1) is 42.8. The van der Waals surface area contributed by atoms with E-state index < -0.39 is 11.9 Å². The Bertz CT molecular complexity index is 2260. The van der Waals surface area contributed by atoms with Crippen LogP contribution in [-0.4, -0.2) is 48.6 Å². The van der Waals surface area contributed by atoms with Gasteiger partial charge in [0.1, 0.15) is 23.0 Å². The second-order valence-corrected chi connectivity index (χ2v) is 14.1. The van der Waals surface area contributed by atoms with Gasteiger partial charge in [-0.2, -0.15) is 0 Å². The molecule has 0 aliphatic rings. The Morgan fingerprint density at radius 2 is 0.733 bits per heavy atom. The van der Waals surface area contributed by atoms with Crippen molar-refractivity contribution in [3.63, 3.8) is 0 Å². The molecule has 304 valence electrons. The van der Waals surface area contributed by atoms with Crippen LogP contribution in [0.2, 0.25) is 0 Å². The van der Waals surface area contributed by atoms with Crippen LogP contribution in [0, 0.1) is 23.7 Å². The summed E-state index contributed by atoms with van der Waals surface area (Å²) >= 11 is 0. The second-order valence-electron chi connectivity index (χ2n) is 14.1. The summed E-state index contributed by atoms with van der Waals surface area (Å²) in [6.45, 7) is 1.75. The molecule has 60 heavy (non-hydrogen) atoms. The Morgan fingerprint density at radius 1 is 0.400 bits per heavy atom. The highest BCUT2D eigenvalue weighted by Gasteiger charge is 2.16. The molecule has 2 N–H and O–H groups in total. The number of hydrogen-bond acceptors (Lipinski definition) is 8. The summed E-state index contributed by atoms with van der Waals surface area (Å²) in [5.74, 6) is 13.8. The van der Waals surface area contributed by atoms with Crippen molar-refractivity contribution in [1.82, 2.24) is 0 Å². The highest BCUT2D eigenvalue weighted by molar-refractivity contribution is 6.00. The molecule has 0 bridgehead atoms. The first-order chi connectivity index (χ1) is 29.5. The molecule has 6 aromatic rings. The SMILES string of the molecule is O=C(Oc1ccc(OC(=O)c2ccc(C#Cc3ccc(OCCCCCCO)cc3)cc2)c2ccccc12)c1ccc(C#Cc2ccc(OCCCCCCO)cc2)cc1. The van der Waals surface area contributed by atoms with Crippen molar-refractivity contribution in [2.45, 2.75) is 51.4 Å². The highest BCUT2D eigenvalue weighted by Crippen LogP contribution is 2.34. The molecule has 0 amide bonds. The fourth-order valence-corrected chi connectivity index (χ4v) is 6.19. The van der Waals surface area contributed by atoms with E-state index in [4.69, 9.17) is 29.2 Å². The number of fused-ring (bicyclic) bond motifs is 1. The first-order valence-corrected chi connectivity index (χ1v) is 20.4. The summed E-state index contributed by atoms with van der Waals surface area (Å²) in [4.78, 5) is 26.4. The quantitative estimate of drug-likeness (QED) is 0.0383. The van der Waals surface area contributed by atoms with E-state index in [0.717, 1.165) is 85.1 Å². The number of carbonyl (C=O) groups excluding carboxylic acids is 2. The summed E-state index contributed by atoms with van der Waals surface area (Å²) in [5.41, 5.74) is 3.92. The summed E-state index contributed by atoms with van der Waals surface area (Å²) in [5, 5.41) is 19.0. The van der Waals surface area contributed by atoms with Crippen LogP contribution in [0.1, 0.15) is 94.3 Å². The molecular weight excluding hydrogens is 753 g/mol. The predicted octanol–water partition coefficient (Wildman–Crippen LogP) is 9.94. The third kappa shape index (κ3) is 13.1. The molecule has 0 radical (unpaired) electrons. The maximum absolute atomic E-state index is 13.2. The van der Waals surface area contributed by atoms with E-state index in [1.54, 1.807) is 60.7 Å². The van der Waals surface area contributed by atoms with Crippen molar-refractivity contribution >= 4 is 22.7 Å². The van der Waals surface area contributed by atoms with Crippen LogP contribution in [0.25, 0.3) is 10.8 Å². The van der Waals surface area contributed by atoms with Crippen molar-refractivity contribution in [3.05, 3.63) is 167 Å². The lowest BCUT2D eigenvalue weighted by atomic mass is 10.1. The molecule has 0 unspecified atom stereocenters. The molecule has 0 heterocycles. The summed E-state index contributed by atoms with van der Waals surface area (Å²) in [7, 11) is 0. The van der Waals surface area contributed by atoms with Gasteiger partial charge in [-0.3, -0.25) is 0 Å². The average molecular weight is 801 g/mol. The van der Waals surface area contributed by atoms with Crippen LogP contribution in [0.3, 0.4) is 0 Å². The minimum Gasteiger partial charge on any atom is -0.494 e. The standard InChI is InChI=1S/C52H48O8/c53-35-7-1-3-9-37-57-45-29-21-41(22-30-45)15-13-39-17-25-43(26-18-39)51(55)59-49-33-34-50(48-12-6-5-11-47(48)49)60-52(56)44-27-19-40(20-28-44)14-16-42-23-31-46(32-24-42)58-38-10-4-2-8-36-54/h5-6,11-12,17-34,53-54H,1-4,7-10,35-38H2. The molecule has 0 saturated carbocycles. The molecule has 0 fully saturated rings. The predicted molar refractivity (Wildman–Crippen MR) is 234 cm³/mol. The van der Waals surface area contributed by atoms with Gasteiger partial charge in [-0.05, 0) is 148 Å². The third-order valence-electron chi connectivity index (χ3n) is 9.54. The van der Waals surface area contributed by atoms with E-state index in [1.165, 1.54) is 0 Å². The normalized spacial score (nSPS) is 10.5. The number of rotatable bonds is 18. The summed E-state index contributed by atoms with van der Waals surface area (Å²) in [6, 6.07) is 39.6. The molecule has 8 nitrogen and oxygen atoms in total. The maximum atomic E-state index is 13.2. The van der Waals surface area contributed by atoms with Crippen LogP contribution >= 0.6 is 0 Å². The number of benzene rings is 6. The molecule has 0 aliphatic carbocycles. The Kier molecular flexibility index (Phi) is 16.3. The Labute approximate surface area is 351 Å². The fourth-order valence-electron chi connectivity index (χ4n) is 6.19. The van der Waals surface area contributed by atoms with E-state index >= 15 is 0 Å². The van der Waals surface area contributed by atoms with Crippen LogP contribution < -0.4 is 18.9 Å². The van der Waals surface area contributed by atoms with Gasteiger partial charge in [0.2, 0.25) is 0 Å². The van der Waals surface area contributed by atoms with Crippen molar-refractivity contribution in [2.24, 2.45) is 0 Å². The zero-order valence-corrected chi connectivity index (χ0v) is 33.5. The maximum Gasteiger partial charge on any atom is 0.343 e. The molecule has 6 rings (SSSR count). The van der Waals surface area contributed by atoms with E-state index in [-0.39, 0.29) is 13.2 Å². The average Bonchev–Trinajstić information content (AvgIpc) is 3.29. The zero-order valence-electron chi connectivity index (χ0n) is 33.5. The van der Waals surface area contributed by atoms with Gasteiger partial charge in [0.05, 0.1) is 24.3 Å². The van der Waals surface area contributed by atoms with Gasteiger partial charge < -0.3 is 29.2 Å². The Hall–Kier alpha value is -6.84. The molecule has 0 spiro atoms. The lowest BCUT2D eigenvalue weighted by Crippen LogP contribution is -2.10. The lowest BCUT2D eigenvalue weighted by Gasteiger charge is -2.12. The highest BCUT2D eigenvalue weighted by atomic mass is 16.5. The Balaban J connectivity index is 1.01. The monoisotopic (exact) mass is 800 g/mol. The number of hydrogen-bond donors (Lipinski definition) is 2. The molecule has 6 aromatic carbocycles. The van der Waals surface area contributed by atoms with E-state index in [1.807, 2.05) is 72.8 Å². The zero-order chi connectivity index (χ0) is 41.8. The number of aliphatic hydroxyl groups is 2. The van der Waals surface area contributed by atoms with Gasteiger partial charge in [-0.15, -0.1) is 0 Å². The summed E-state index contributed by atoms with van der Waals surface area (Å²) < 4.78 is 23.3. The number of aliphatic hydroxyl groups excluding tert-OH is 2. The van der Waals surface area contributed by atoms with Gasteiger partial charge in [0.15, 0.2) is 0 Å². The van der Waals surface area contributed by atoms with Crippen LogP contribution in [0.15, 0.2) is 133 Å². The molecule has 0 aliphatic heterocycles. The largest absolute Gasteiger partial charge is 0.494 e. The molecule has 0 atom stereocenters. The van der Waals surface area contributed by atoms with Crippen molar-refractivity contribution in [3.8, 4) is 46.7 Å². The topological polar surface area (TPSA) is 112 Å². The van der Waals surface area contributed by atoms with Crippen molar-refractivity contribution in [1.29, 1.82) is 0 Å². The fraction of sp³-hybridized carbons (Fsp3) is 0.231. The second kappa shape index (κ2) is 22.9. The number of unbranched alkanes of at least 4 members (excludes halogenated alkanes) is 6. The van der Waals surface area contributed by atoms with Crippen LogP contribution in [-0.2, 0) is 0 Å².